The Morgan fingerprint density at radius 1 is 1.16 bits per heavy atom. The number of fused-ring (bicyclic) bond motifs is 1. The summed E-state index contributed by atoms with van der Waals surface area (Å²) in [6.45, 7) is 2.48. The fourth-order valence-corrected chi connectivity index (χ4v) is 4.40. The molecule has 5 nitrogen and oxygen atoms in total. The van der Waals surface area contributed by atoms with E-state index in [1.807, 2.05) is 34.1 Å². The molecule has 0 bridgehead atoms. The van der Waals surface area contributed by atoms with Gasteiger partial charge >= 0.3 is 0 Å². The van der Waals surface area contributed by atoms with E-state index in [4.69, 9.17) is 0 Å². The van der Waals surface area contributed by atoms with Crippen LogP contribution in [-0.4, -0.2) is 36.3 Å². The summed E-state index contributed by atoms with van der Waals surface area (Å²) in [7, 11) is 0. The first-order valence-electron chi connectivity index (χ1n) is 8.68. The van der Waals surface area contributed by atoms with Gasteiger partial charge in [-0.3, -0.25) is 9.59 Å². The number of nitrogens with one attached hydrogen (secondary N) is 1. The molecule has 0 spiro atoms. The topological polar surface area (TPSA) is 52.7 Å². The number of nitrogens with zero attached hydrogens (tertiary/aromatic N) is 2. The van der Waals surface area contributed by atoms with E-state index in [2.05, 4.69) is 16.8 Å². The SMILES string of the molecule is O=C(CNc1ccccc1N1CCCC1=O)N1CCc2sccc2C1. The van der Waals surface area contributed by atoms with Crippen molar-refractivity contribution in [3.05, 3.63) is 46.2 Å². The van der Waals surface area contributed by atoms with Crippen LogP contribution in [-0.2, 0) is 22.6 Å². The first-order chi connectivity index (χ1) is 12.2. The summed E-state index contributed by atoms with van der Waals surface area (Å²) >= 11 is 1.77. The Morgan fingerprint density at radius 3 is 2.88 bits per heavy atom. The number of hydrogen-bond acceptors (Lipinski definition) is 4. The summed E-state index contributed by atoms with van der Waals surface area (Å²) in [5.74, 6) is 0.251. The second kappa shape index (κ2) is 6.88. The number of anilines is 2. The van der Waals surface area contributed by atoms with Crippen LogP contribution in [0.2, 0.25) is 0 Å². The molecule has 3 heterocycles. The molecule has 1 fully saturated rings. The van der Waals surface area contributed by atoms with Gasteiger partial charge < -0.3 is 15.1 Å². The van der Waals surface area contributed by atoms with Crippen LogP contribution >= 0.6 is 11.3 Å². The molecule has 2 aromatic rings. The van der Waals surface area contributed by atoms with Crippen molar-refractivity contribution in [1.82, 2.24) is 4.90 Å². The lowest BCUT2D eigenvalue weighted by molar-refractivity contribution is -0.130. The average Bonchev–Trinajstić information content (AvgIpc) is 3.27. The molecule has 2 aliphatic rings. The molecule has 130 valence electrons. The normalized spacial score (nSPS) is 16.9. The van der Waals surface area contributed by atoms with Gasteiger partial charge in [0, 0.05) is 30.9 Å². The lowest BCUT2D eigenvalue weighted by Crippen LogP contribution is -2.39. The van der Waals surface area contributed by atoms with Gasteiger partial charge in [-0.25, -0.2) is 0 Å². The minimum Gasteiger partial charge on any atom is -0.374 e. The fraction of sp³-hybridized carbons (Fsp3) is 0.368. The van der Waals surface area contributed by atoms with E-state index < -0.39 is 0 Å². The average molecular weight is 355 g/mol. The lowest BCUT2D eigenvalue weighted by atomic mass is 10.1. The van der Waals surface area contributed by atoms with Crippen LogP contribution in [0.25, 0.3) is 0 Å². The van der Waals surface area contributed by atoms with E-state index >= 15 is 0 Å². The number of rotatable bonds is 4. The van der Waals surface area contributed by atoms with Crippen molar-refractivity contribution < 1.29 is 9.59 Å². The van der Waals surface area contributed by atoms with Gasteiger partial charge in [0.15, 0.2) is 0 Å². The van der Waals surface area contributed by atoms with Gasteiger partial charge in [0.2, 0.25) is 11.8 Å². The maximum atomic E-state index is 12.6. The van der Waals surface area contributed by atoms with Crippen molar-refractivity contribution in [2.45, 2.75) is 25.8 Å². The number of amides is 2. The van der Waals surface area contributed by atoms with Gasteiger partial charge in [0.1, 0.15) is 0 Å². The van der Waals surface area contributed by atoms with Crippen LogP contribution in [0, 0.1) is 0 Å². The third kappa shape index (κ3) is 3.26. The smallest absolute Gasteiger partial charge is 0.242 e. The summed E-state index contributed by atoms with van der Waals surface area (Å²) in [5, 5.41) is 5.34. The molecule has 2 aliphatic heterocycles. The summed E-state index contributed by atoms with van der Waals surface area (Å²) in [6, 6.07) is 9.84. The van der Waals surface area contributed by atoms with Crippen molar-refractivity contribution >= 4 is 34.5 Å². The Labute approximate surface area is 151 Å². The zero-order valence-electron chi connectivity index (χ0n) is 14.0. The second-order valence-corrected chi connectivity index (χ2v) is 7.45. The summed E-state index contributed by atoms with van der Waals surface area (Å²) in [5.41, 5.74) is 2.99. The molecule has 4 rings (SSSR count). The first-order valence-corrected chi connectivity index (χ1v) is 9.56. The van der Waals surface area contributed by atoms with Crippen molar-refractivity contribution in [2.24, 2.45) is 0 Å². The van der Waals surface area contributed by atoms with Gasteiger partial charge in [-0.2, -0.15) is 0 Å². The predicted molar refractivity (Wildman–Crippen MR) is 100.0 cm³/mol. The highest BCUT2D eigenvalue weighted by Gasteiger charge is 2.25. The number of hydrogen-bond donors (Lipinski definition) is 1. The molecule has 0 atom stereocenters. The molecule has 1 N–H and O–H groups in total. The number of para-hydroxylation sites is 2. The van der Waals surface area contributed by atoms with Crippen molar-refractivity contribution in [1.29, 1.82) is 0 Å². The second-order valence-electron chi connectivity index (χ2n) is 6.45. The molecule has 0 unspecified atom stereocenters. The minimum absolute atomic E-state index is 0.0967. The van der Waals surface area contributed by atoms with Crippen LogP contribution in [0.1, 0.15) is 23.3 Å². The standard InChI is InChI=1S/C19H21N3O2S/c23-18-6-3-9-22(18)16-5-2-1-4-15(16)20-12-19(24)21-10-7-17-14(13-21)8-11-25-17/h1-2,4-5,8,11,20H,3,6-7,9-10,12-13H2. The van der Waals surface area contributed by atoms with Gasteiger partial charge in [0.25, 0.3) is 0 Å². The summed E-state index contributed by atoms with van der Waals surface area (Å²) < 4.78 is 0. The summed E-state index contributed by atoms with van der Waals surface area (Å²) in [4.78, 5) is 29.7. The maximum absolute atomic E-state index is 12.6. The molecule has 2 amide bonds. The van der Waals surface area contributed by atoms with Crippen LogP contribution in [0.3, 0.4) is 0 Å². The highest BCUT2D eigenvalue weighted by Crippen LogP contribution is 2.29. The van der Waals surface area contributed by atoms with Crippen LogP contribution in [0.15, 0.2) is 35.7 Å². The highest BCUT2D eigenvalue weighted by molar-refractivity contribution is 7.10. The number of thiophene rings is 1. The number of carbonyl (C=O) groups is 2. The molecule has 1 aromatic heterocycles. The van der Waals surface area contributed by atoms with E-state index in [1.54, 1.807) is 11.3 Å². The van der Waals surface area contributed by atoms with Crippen molar-refractivity contribution in [3.63, 3.8) is 0 Å². The van der Waals surface area contributed by atoms with Crippen LogP contribution in [0.5, 0.6) is 0 Å². The molecule has 0 aliphatic carbocycles. The number of carbonyl (C=O) groups excluding carboxylic acids is 2. The number of benzene rings is 1. The highest BCUT2D eigenvalue weighted by atomic mass is 32.1. The minimum atomic E-state index is 0.0967. The van der Waals surface area contributed by atoms with E-state index in [-0.39, 0.29) is 18.4 Å². The van der Waals surface area contributed by atoms with E-state index in [9.17, 15) is 9.59 Å². The Morgan fingerprint density at radius 2 is 2.04 bits per heavy atom. The van der Waals surface area contributed by atoms with Crippen molar-refractivity contribution in [2.75, 3.05) is 29.9 Å². The predicted octanol–water partition coefficient (Wildman–Crippen LogP) is 2.87. The third-order valence-electron chi connectivity index (χ3n) is 4.86. The lowest BCUT2D eigenvalue weighted by Gasteiger charge is -2.27. The van der Waals surface area contributed by atoms with Crippen LogP contribution in [0.4, 0.5) is 11.4 Å². The zero-order chi connectivity index (χ0) is 17.2. The van der Waals surface area contributed by atoms with Crippen molar-refractivity contribution in [3.8, 4) is 0 Å². The van der Waals surface area contributed by atoms with Gasteiger partial charge in [0.05, 0.1) is 17.9 Å². The molecular formula is C19H21N3O2S. The Balaban J connectivity index is 1.42. The summed E-state index contributed by atoms with van der Waals surface area (Å²) in [6.07, 6.45) is 2.43. The molecule has 1 saturated heterocycles. The quantitative estimate of drug-likeness (QED) is 0.917. The van der Waals surface area contributed by atoms with Crippen LogP contribution < -0.4 is 10.2 Å². The van der Waals surface area contributed by atoms with E-state index in [1.165, 1.54) is 10.4 Å². The largest absolute Gasteiger partial charge is 0.374 e. The Bertz CT molecular complexity index is 801. The molecule has 0 saturated carbocycles. The third-order valence-corrected chi connectivity index (χ3v) is 5.88. The van der Waals surface area contributed by atoms with E-state index in [0.717, 1.165) is 37.3 Å². The van der Waals surface area contributed by atoms with E-state index in [0.29, 0.717) is 13.0 Å². The maximum Gasteiger partial charge on any atom is 0.242 e. The first kappa shape index (κ1) is 16.1. The molecule has 1 aromatic carbocycles. The van der Waals surface area contributed by atoms with Gasteiger partial charge in [-0.1, -0.05) is 12.1 Å². The molecular weight excluding hydrogens is 334 g/mol. The molecule has 0 radical (unpaired) electrons. The Kier molecular flexibility index (Phi) is 4.44. The molecule has 6 heteroatoms. The monoisotopic (exact) mass is 355 g/mol. The molecule has 25 heavy (non-hydrogen) atoms. The Hall–Kier alpha value is -2.34. The van der Waals surface area contributed by atoms with Gasteiger partial charge in [-0.05, 0) is 42.0 Å². The fourth-order valence-electron chi connectivity index (χ4n) is 3.51. The van der Waals surface area contributed by atoms with Gasteiger partial charge in [-0.15, -0.1) is 11.3 Å². The zero-order valence-corrected chi connectivity index (χ0v) is 14.8.